The molecule has 6 heteroatoms. The maximum Gasteiger partial charge on any atom is 0.242 e. The second-order valence-electron chi connectivity index (χ2n) is 3.63. The Morgan fingerprint density at radius 2 is 2.21 bits per heavy atom. The molecule has 0 aromatic carbocycles. The van der Waals surface area contributed by atoms with Crippen molar-refractivity contribution in [1.82, 2.24) is 20.2 Å². The van der Waals surface area contributed by atoms with E-state index >= 15 is 0 Å². The standard InChI is InChI=1S/C8H17N5O/c1-6(2)7(4-5-14)9-8-10-11-12-13(8)3/h6-7,14H,4-5H2,1-3H3,(H,9,10,12). The van der Waals surface area contributed by atoms with Gasteiger partial charge in [-0.25, -0.2) is 4.68 Å². The largest absolute Gasteiger partial charge is 0.396 e. The number of nitrogens with one attached hydrogen (secondary N) is 1. The smallest absolute Gasteiger partial charge is 0.242 e. The van der Waals surface area contributed by atoms with Crippen LogP contribution in [0.15, 0.2) is 0 Å². The molecular weight excluding hydrogens is 182 g/mol. The number of aromatic nitrogens is 4. The van der Waals surface area contributed by atoms with Crippen LogP contribution in [0.2, 0.25) is 0 Å². The highest BCUT2D eigenvalue weighted by Gasteiger charge is 2.14. The van der Waals surface area contributed by atoms with E-state index < -0.39 is 0 Å². The van der Waals surface area contributed by atoms with Crippen molar-refractivity contribution in [3.8, 4) is 0 Å². The number of aliphatic hydroxyl groups excluding tert-OH is 1. The zero-order chi connectivity index (χ0) is 10.6. The van der Waals surface area contributed by atoms with Gasteiger partial charge in [0.15, 0.2) is 0 Å². The quantitative estimate of drug-likeness (QED) is 0.699. The molecule has 1 unspecified atom stereocenters. The third kappa shape index (κ3) is 2.66. The lowest BCUT2D eigenvalue weighted by atomic mass is 10.0. The zero-order valence-electron chi connectivity index (χ0n) is 8.80. The van der Waals surface area contributed by atoms with Gasteiger partial charge in [0.1, 0.15) is 0 Å². The molecule has 14 heavy (non-hydrogen) atoms. The van der Waals surface area contributed by atoms with Gasteiger partial charge in [-0.3, -0.25) is 0 Å². The first-order valence-electron chi connectivity index (χ1n) is 4.75. The lowest BCUT2D eigenvalue weighted by molar-refractivity contribution is 0.267. The Morgan fingerprint density at radius 1 is 1.50 bits per heavy atom. The van der Waals surface area contributed by atoms with Crippen LogP contribution in [0, 0.1) is 5.92 Å². The number of aryl methyl sites for hydroxylation is 1. The summed E-state index contributed by atoms with van der Waals surface area (Å²) in [7, 11) is 1.78. The van der Waals surface area contributed by atoms with Gasteiger partial charge in [0.25, 0.3) is 0 Å². The number of rotatable bonds is 5. The molecule has 0 aliphatic carbocycles. The molecule has 0 aliphatic rings. The predicted molar refractivity (Wildman–Crippen MR) is 52.7 cm³/mol. The van der Waals surface area contributed by atoms with Crippen molar-refractivity contribution in [3.63, 3.8) is 0 Å². The molecule has 0 spiro atoms. The Labute approximate surface area is 83.3 Å². The SMILES string of the molecule is CC(C)C(CCO)Nc1nnnn1C. The van der Waals surface area contributed by atoms with Gasteiger partial charge in [-0.2, -0.15) is 0 Å². The lowest BCUT2D eigenvalue weighted by Crippen LogP contribution is -2.28. The molecule has 0 amide bonds. The molecule has 0 radical (unpaired) electrons. The normalized spacial score (nSPS) is 13.2. The van der Waals surface area contributed by atoms with E-state index in [1.165, 1.54) is 0 Å². The highest BCUT2D eigenvalue weighted by molar-refractivity contribution is 5.23. The maximum absolute atomic E-state index is 8.89. The van der Waals surface area contributed by atoms with Crippen molar-refractivity contribution in [2.75, 3.05) is 11.9 Å². The summed E-state index contributed by atoms with van der Waals surface area (Å²) >= 11 is 0. The summed E-state index contributed by atoms with van der Waals surface area (Å²) in [5.74, 6) is 1.07. The molecule has 1 atom stereocenters. The van der Waals surface area contributed by atoms with Crippen LogP contribution in [-0.4, -0.2) is 38.0 Å². The lowest BCUT2D eigenvalue weighted by Gasteiger charge is -2.20. The molecule has 0 fully saturated rings. The second kappa shape index (κ2) is 4.90. The Hall–Kier alpha value is -1.17. The number of nitrogens with zero attached hydrogens (tertiary/aromatic N) is 4. The van der Waals surface area contributed by atoms with Crippen LogP contribution in [-0.2, 0) is 7.05 Å². The average molecular weight is 199 g/mol. The van der Waals surface area contributed by atoms with Crippen molar-refractivity contribution in [2.45, 2.75) is 26.3 Å². The van der Waals surface area contributed by atoms with Crippen molar-refractivity contribution in [1.29, 1.82) is 0 Å². The zero-order valence-corrected chi connectivity index (χ0v) is 8.80. The molecule has 0 aliphatic heterocycles. The topological polar surface area (TPSA) is 75.9 Å². The van der Waals surface area contributed by atoms with E-state index in [0.717, 1.165) is 0 Å². The molecule has 1 aromatic rings. The minimum Gasteiger partial charge on any atom is -0.396 e. The van der Waals surface area contributed by atoms with Crippen LogP contribution in [0.5, 0.6) is 0 Å². The summed E-state index contributed by atoms with van der Waals surface area (Å²) in [6.07, 6.45) is 0.699. The molecule has 0 saturated heterocycles. The van der Waals surface area contributed by atoms with Crippen LogP contribution >= 0.6 is 0 Å². The average Bonchev–Trinajstić information content (AvgIpc) is 2.51. The molecular formula is C8H17N5O. The third-order valence-corrected chi connectivity index (χ3v) is 2.18. The number of anilines is 1. The van der Waals surface area contributed by atoms with E-state index in [1.807, 2.05) is 0 Å². The molecule has 0 bridgehead atoms. The van der Waals surface area contributed by atoms with Gasteiger partial charge >= 0.3 is 0 Å². The van der Waals surface area contributed by atoms with Crippen LogP contribution in [0.4, 0.5) is 5.95 Å². The second-order valence-corrected chi connectivity index (χ2v) is 3.63. The van der Waals surface area contributed by atoms with Crippen molar-refractivity contribution >= 4 is 5.95 Å². The number of hydrogen-bond donors (Lipinski definition) is 2. The van der Waals surface area contributed by atoms with Crippen molar-refractivity contribution in [3.05, 3.63) is 0 Å². The fraction of sp³-hybridized carbons (Fsp3) is 0.875. The number of hydrogen-bond acceptors (Lipinski definition) is 5. The molecule has 6 nitrogen and oxygen atoms in total. The van der Waals surface area contributed by atoms with Gasteiger partial charge in [0.05, 0.1) is 0 Å². The summed E-state index contributed by atoms with van der Waals surface area (Å²) in [5, 5.41) is 23.2. The molecule has 2 N–H and O–H groups in total. The van der Waals surface area contributed by atoms with Gasteiger partial charge < -0.3 is 10.4 Å². The van der Waals surface area contributed by atoms with Gasteiger partial charge in [0.2, 0.25) is 5.95 Å². The Morgan fingerprint density at radius 3 is 2.64 bits per heavy atom. The Balaban J connectivity index is 2.60. The van der Waals surface area contributed by atoms with E-state index in [-0.39, 0.29) is 12.6 Å². The van der Waals surface area contributed by atoms with Crippen molar-refractivity contribution < 1.29 is 5.11 Å². The van der Waals surface area contributed by atoms with Crippen LogP contribution in [0.25, 0.3) is 0 Å². The maximum atomic E-state index is 8.89. The van der Waals surface area contributed by atoms with Crippen LogP contribution < -0.4 is 5.32 Å². The van der Waals surface area contributed by atoms with E-state index in [4.69, 9.17) is 5.11 Å². The number of tetrazole rings is 1. The highest BCUT2D eigenvalue weighted by Crippen LogP contribution is 2.11. The minimum absolute atomic E-state index is 0.168. The van der Waals surface area contributed by atoms with E-state index in [1.54, 1.807) is 11.7 Å². The fourth-order valence-corrected chi connectivity index (χ4v) is 1.23. The summed E-state index contributed by atoms with van der Waals surface area (Å²) in [6.45, 7) is 4.36. The van der Waals surface area contributed by atoms with E-state index in [9.17, 15) is 0 Å². The fourth-order valence-electron chi connectivity index (χ4n) is 1.23. The van der Waals surface area contributed by atoms with Crippen LogP contribution in [0.3, 0.4) is 0 Å². The minimum atomic E-state index is 0.168. The first-order chi connectivity index (χ1) is 6.65. The van der Waals surface area contributed by atoms with Gasteiger partial charge in [-0.1, -0.05) is 18.9 Å². The predicted octanol–water partition coefficient (Wildman–Crippen LogP) is 0.0290. The first-order valence-corrected chi connectivity index (χ1v) is 4.75. The monoisotopic (exact) mass is 199 g/mol. The highest BCUT2D eigenvalue weighted by atomic mass is 16.3. The van der Waals surface area contributed by atoms with Crippen LogP contribution in [0.1, 0.15) is 20.3 Å². The van der Waals surface area contributed by atoms with E-state index in [0.29, 0.717) is 18.3 Å². The van der Waals surface area contributed by atoms with Gasteiger partial charge in [-0.15, -0.1) is 0 Å². The Bertz CT molecular complexity index is 272. The molecule has 80 valence electrons. The first kappa shape index (κ1) is 10.9. The summed E-state index contributed by atoms with van der Waals surface area (Å²) in [6, 6.07) is 0.199. The summed E-state index contributed by atoms with van der Waals surface area (Å²) in [5.41, 5.74) is 0. The van der Waals surface area contributed by atoms with Gasteiger partial charge in [-0.05, 0) is 22.8 Å². The molecule has 1 heterocycles. The Kier molecular flexibility index (Phi) is 3.82. The van der Waals surface area contributed by atoms with E-state index in [2.05, 4.69) is 34.7 Å². The van der Waals surface area contributed by atoms with Gasteiger partial charge in [0, 0.05) is 19.7 Å². The molecule has 1 aromatic heterocycles. The third-order valence-electron chi connectivity index (χ3n) is 2.18. The summed E-state index contributed by atoms with van der Waals surface area (Å²) < 4.78 is 1.58. The number of aliphatic hydroxyl groups is 1. The van der Waals surface area contributed by atoms with Crippen molar-refractivity contribution in [2.24, 2.45) is 13.0 Å². The summed E-state index contributed by atoms with van der Waals surface area (Å²) in [4.78, 5) is 0. The molecule has 1 rings (SSSR count). The molecule has 0 saturated carbocycles.